The van der Waals surface area contributed by atoms with Crippen LogP contribution in [0.1, 0.15) is 37.5 Å². The number of rotatable bonds is 5. The molecule has 0 bridgehead atoms. The van der Waals surface area contributed by atoms with Crippen molar-refractivity contribution in [2.45, 2.75) is 37.3 Å². The second kappa shape index (κ2) is 4.55. The Balaban J connectivity index is 2.09. The lowest BCUT2D eigenvalue weighted by Gasteiger charge is -2.42. The van der Waals surface area contributed by atoms with Gasteiger partial charge in [0.2, 0.25) is 0 Å². The first-order valence-corrected chi connectivity index (χ1v) is 5.90. The van der Waals surface area contributed by atoms with E-state index in [9.17, 15) is 0 Å². The van der Waals surface area contributed by atoms with Crippen molar-refractivity contribution in [2.24, 2.45) is 7.05 Å². The van der Waals surface area contributed by atoms with Crippen molar-refractivity contribution in [2.75, 3.05) is 14.2 Å². The summed E-state index contributed by atoms with van der Waals surface area (Å²) in [5.74, 6) is 1.09. The van der Waals surface area contributed by atoms with Crippen molar-refractivity contribution in [1.29, 1.82) is 0 Å². The maximum Gasteiger partial charge on any atom is 0.125 e. The number of nitrogens with one attached hydrogen (secondary N) is 1. The summed E-state index contributed by atoms with van der Waals surface area (Å²) in [6.07, 6.45) is 8.47. The van der Waals surface area contributed by atoms with Crippen LogP contribution in [0.3, 0.4) is 0 Å². The molecule has 0 spiro atoms. The lowest BCUT2D eigenvalue weighted by molar-refractivity contribution is -0.0840. The van der Waals surface area contributed by atoms with Gasteiger partial charge in [-0.15, -0.1) is 0 Å². The second-order valence-corrected chi connectivity index (χ2v) is 4.68. The molecule has 0 aliphatic heterocycles. The Bertz CT molecular complexity index is 338. The Hall–Kier alpha value is -0.870. The Kier molecular flexibility index (Phi) is 3.30. The van der Waals surface area contributed by atoms with Gasteiger partial charge in [-0.1, -0.05) is 0 Å². The summed E-state index contributed by atoms with van der Waals surface area (Å²) in [6, 6.07) is 0.278. The van der Waals surface area contributed by atoms with Gasteiger partial charge in [0.1, 0.15) is 5.82 Å². The zero-order chi connectivity index (χ0) is 11.6. The third kappa shape index (κ3) is 1.99. The van der Waals surface area contributed by atoms with Crippen molar-refractivity contribution in [3.8, 4) is 0 Å². The van der Waals surface area contributed by atoms with Crippen LogP contribution in [0.25, 0.3) is 0 Å². The van der Waals surface area contributed by atoms with E-state index in [0.717, 1.165) is 12.2 Å². The molecule has 1 atom stereocenters. The maximum absolute atomic E-state index is 5.67. The molecule has 1 fully saturated rings. The third-order valence-electron chi connectivity index (χ3n) is 3.79. The minimum absolute atomic E-state index is 0.0830. The molecule has 4 nitrogen and oxygen atoms in total. The fourth-order valence-electron chi connectivity index (χ4n) is 2.47. The molecule has 2 rings (SSSR count). The van der Waals surface area contributed by atoms with Crippen LogP contribution in [0, 0.1) is 0 Å². The van der Waals surface area contributed by atoms with Gasteiger partial charge in [-0.05, 0) is 32.7 Å². The molecule has 0 radical (unpaired) electrons. The highest BCUT2D eigenvalue weighted by Gasteiger charge is 2.39. The van der Waals surface area contributed by atoms with E-state index >= 15 is 0 Å². The van der Waals surface area contributed by atoms with E-state index in [2.05, 4.69) is 14.9 Å². The number of hydrogen-bond acceptors (Lipinski definition) is 3. The summed E-state index contributed by atoms with van der Waals surface area (Å²) >= 11 is 0. The molecule has 1 aliphatic carbocycles. The molecule has 0 amide bonds. The van der Waals surface area contributed by atoms with Crippen molar-refractivity contribution in [3.05, 3.63) is 18.2 Å². The number of methoxy groups -OCH3 is 1. The van der Waals surface area contributed by atoms with Crippen LogP contribution in [-0.4, -0.2) is 29.3 Å². The van der Waals surface area contributed by atoms with Crippen LogP contribution >= 0.6 is 0 Å². The highest BCUT2D eigenvalue weighted by Crippen LogP contribution is 2.41. The minimum Gasteiger partial charge on any atom is -0.378 e. The molecule has 16 heavy (non-hydrogen) atoms. The van der Waals surface area contributed by atoms with Gasteiger partial charge >= 0.3 is 0 Å². The molecule has 1 N–H and O–H groups in total. The van der Waals surface area contributed by atoms with Crippen molar-refractivity contribution < 1.29 is 4.74 Å². The normalized spacial score (nSPS) is 20.4. The first-order chi connectivity index (χ1) is 7.71. The summed E-state index contributed by atoms with van der Waals surface area (Å²) in [5, 5.41) is 3.34. The van der Waals surface area contributed by atoms with E-state index in [1.807, 2.05) is 33.6 Å². The largest absolute Gasteiger partial charge is 0.378 e. The quantitative estimate of drug-likeness (QED) is 0.825. The molecule has 1 aliphatic rings. The highest BCUT2D eigenvalue weighted by molar-refractivity contribution is 5.03. The number of imidazole rings is 1. The lowest BCUT2D eigenvalue weighted by Crippen LogP contribution is -2.42. The molecule has 90 valence electrons. The average molecular weight is 223 g/mol. The van der Waals surface area contributed by atoms with Crippen LogP contribution in [-0.2, 0) is 11.8 Å². The maximum atomic E-state index is 5.67. The van der Waals surface area contributed by atoms with Crippen LogP contribution in [0.15, 0.2) is 12.4 Å². The van der Waals surface area contributed by atoms with Gasteiger partial charge in [-0.3, -0.25) is 0 Å². The molecular formula is C12H21N3O. The van der Waals surface area contributed by atoms with Gasteiger partial charge in [0, 0.05) is 26.6 Å². The van der Waals surface area contributed by atoms with Crippen molar-refractivity contribution in [1.82, 2.24) is 14.9 Å². The summed E-state index contributed by atoms with van der Waals surface area (Å²) in [4.78, 5) is 4.41. The topological polar surface area (TPSA) is 39.1 Å². The number of nitrogens with zero attached hydrogens (tertiary/aromatic N) is 2. The van der Waals surface area contributed by atoms with E-state index in [-0.39, 0.29) is 11.6 Å². The number of aryl methyl sites for hydroxylation is 1. The lowest BCUT2D eigenvalue weighted by atomic mass is 9.75. The molecule has 4 heteroatoms. The molecule has 1 aromatic heterocycles. The summed E-state index contributed by atoms with van der Waals surface area (Å²) in [5.41, 5.74) is 0.0830. The predicted octanol–water partition coefficient (Wildman–Crippen LogP) is 1.64. The molecule has 1 aromatic rings. The van der Waals surface area contributed by atoms with Gasteiger partial charge in [-0.25, -0.2) is 4.98 Å². The monoisotopic (exact) mass is 223 g/mol. The van der Waals surface area contributed by atoms with Gasteiger partial charge < -0.3 is 14.6 Å². The summed E-state index contributed by atoms with van der Waals surface area (Å²) < 4.78 is 7.74. The van der Waals surface area contributed by atoms with Crippen molar-refractivity contribution in [3.63, 3.8) is 0 Å². The second-order valence-electron chi connectivity index (χ2n) is 4.68. The molecule has 0 aromatic carbocycles. The van der Waals surface area contributed by atoms with E-state index in [1.165, 1.54) is 19.3 Å². The smallest absolute Gasteiger partial charge is 0.125 e. The molecule has 1 heterocycles. The zero-order valence-electron chi connectivity index (χ0n) is 10.4. The first kappa shape index (κ1) is 11.6. The van der Waals surface area contributed by atoms with Gasteiger partial charge in [0.25, 0.3) is 0 Å². The third-order valence-corrected chi connectivity index (χ3v) is 3.79. The average Bonchev–Trinajstić information content (AvgIpc) is 2.65. The minimum atomic E-state index is 0.0830. The SMILES string of the molecule is CNC(CC1(OC)CCC1)c1nccn1C. The standard InChI is InChI=1S/C12H21N3O/c1-13-10(11-14-7-8-15(11)2)9-12(16-3)5-4-6-12/h7-8,10,13H,4-6,9H2,1-3H3. The Morgan fingerprint density at radius 1 is 1.62 bits per heavy atom. The molecule has 0 saturated heterocycles. The van der Waals surface area contributed by atoms with E-state index in [1.54, 1.807) is 0 Å². The number of ether oxygens (including phenoxy) is 1. The molecule has 1 unspecified atom stereocenters. The van der Waals surface area contributed by atoms with Crippen LogP contribution in [0.4, 0.5) is 0 Å². The van der Waals surface area contributed by atoms with Gasteiger partial charge in [0.15, 0.2) is 0 Å². The Morgan fingerprint density at radius 2 is 2.38 bits per heavy atom. The van der Waals surface area contributed by atoms with Crippen LogP contribution < -0.4 is 5.32 Å². The zero-order valence-corrected chi connectivity index (χ0v) is 10.4. The first-order valence-electron chi connectivity index (χ1n) is 5.90. The summed E-state index contributed by atoms with van der Waals surface area (Å²) in [7, 11) is 5.85. The molecule has 1 saturated carbocycles. The molecular weight excluding hydrogens is 202 g/mol. The predicted molar refractivity (Wildman–Crippen MR) is 63.2 cm³/mol. The van der Waals surface area contributed by atoms with E-state index in [4.69, 9.17) is 4.74 Å². The van der Waals surface area contributed by atoms with Crippen molar-refractivity contribution >= 4 is 0 Å². The van der Waals surface area contributed by atoms with E-state index < -0.39 is 0 Å². The Morgan fingerprint density at radius 3 is 2.75 bits per heavy atom. The number of hydrogen-bond donors (Lipinski definition) is 1. The van der Waals surface area contributed by atoms with Gasteiger partial charge in [-0.2, -0.15) is 0 Å². The fraction of sp³-hybridized carbons (Fsp3) is 0.750. The van der Waals surface area contributed by atoms with Gasteiger partial charge in [0.05, 0.1) is 11.6 Å². The summed E-state index contributed by atoms with van der Waals surface area (Å²) in [6.45, 7) is 0. The highest BCUT2D eigenvalue weighted by atomic mass is 16.5. The Labute approximate surface area is 97.0 Å². The van der Waals surface area contributed by atoms with E-state index in [0.29, 0.717) is 0 Å². The van der Waals surface area contributed by atoms with Crippen LogP contribution in [0.2, 0.25) is 0 Å². The van der Waals surface area contributed by atoms with Crippen LogP contribution in [0.5, 0.6) is 0 Å². The fourth-order valence-corrected chi connectivity index (χ4v) is 2.47. The number of aromatic nitrogens is 2.